The lowest BCUT2D eigenvalue weighted by Gasteiger charge is -2.13. The van der Waals surface area contributed by atoms with Crippen molar-refractivity contribution in [3.05, 3.63) is 97.7 Å². The Bertz CT molecular complexity index is 1450. The van der Waals surface area contributed by atoms with Gasteiger partial charge in [-0.15, -0.1) is 0 Å². The molecule has 4 aromatic rings. The van der Waals surface area contributed by atoms with Crippen molar-refractivity contribution >= 4 is 108 Å². The molecule has 0 spiro atoms. The van der Waals surface area contributed by atoms with E-state index in [9.17, 15) is 20.1 Å². The van der Waals surface area contributed by atoms with Gasteiger partial charge >= 0.3 is 5.97 Å². The first kappa shape index (κ1) is 31.5. The van der Waals surface area contributed by atoms with Gasteiger partial charge in [0.05, 0.1) is 20.7 Å². The quantitative estimate of drug-likeness (QED) is 0.0975. The molecule has 0 aliphatic carbocycles. The van der Waals surface area contributed by atoms with E-state index in [1.807, 2.05) is 18.2 Å². The Balaban J connectivity index is 0.000000223. The van der Waals surface area contributed by atoms with Gasteiger partial charge in [-0.1, -0.05) is 24.3 Å². The number of hydrogen-bond acceptors (Lipinski definition) is 6. The smallest absolute Gasteiger partial charge is 0.307 e. The van der Waals surface area contributed by atoms with E-state index < -0.39 is 5.97 Å². The molecule has 0 radical (unpaired) electrons. The molecular formula is C28H20I4O7. The average Bonchev–Trinajstić information content (AvgIpc) is 2.84. The summed E-state index contributed by atoms with van der Waals surface area (Å²) in [6.45, 7) is 0. The Morgan fingerprint density at radius 2 is 1.18 bits per heavy atom. The molecule has 0 bridgehead atoms. The Labute approximate surface area is 279 Å². The second kappa shape index (κ2) is 14.6. The van der Waals surface area contributed by atoms with Crippen LogP contribution >= 0.6 is 90.4 Å². The fraction of sp³-hybridized carbons (Fsp3) is 0.0357. The largest absolute Gasteiger partial charge is 0.508 e. The van der Waals surface area contributed by atoms with E-state index in [-0.39, 0.29) is 29.4 Å². The lowest BCUT2D eigenvalue weighted by molar-refractivity contribution is -0.136. The number of aliphatic carboxylic acids is 1. The number of benzene rings is 4. The van der Waals surface area contributed by atoms with Gasteiger partial charge in [0.15, 0.2) is 5.75 Å². The Hall–Kier alpha value is -1.99. The van der Waals surface area contributed by atoms with Gasteiger partial charge in [-0.2, -0.15) is 0 Å². The molecular weight excluding hydrogens is 956 g/mol. The normalized spacial score (nSPS) is 10.7. The zero-order chi connectivity index (χ0) is 28.7. The maximum atomic E-state index is 10.8. The highest BCUT2D eigenvalue weighted by Crippen LogP contribution is 2.37. The van der Waals surface area contributed by atoms with Crippen molar-refractivity contribution in [2.24, 2.45) is 0 Å². The molecule has 0 saturated heterocycles. The SMILES string of the molecule is O=C(O)Cc1cc(I)c(Oc2cc(I)c(O)c(I)c2)c(I)c1.Oc1ccc(/C=C/c2cc(O)cc(O)c2)cc1. The Morgan fingerprint density at radius 1 is 0.667 bits per heavy atom. The molecule has 0 saturated carbocycles. The van der Waals surface area contributed by atoms with Crippen molar-refractivity contribution in [2.75, 3.05) is 0 Å². The predicted molar refractivity (Wildman–Crippen MR) is 184 cm³/mol. The average molecular weight is 976 g/mol. The molecule has 0 amide bonds. The van der Waals surface area contributed by atoms with Crippen LogP contribution in [0, 0.1) is 14.3 Å². The summed E-state index contributed by atoms with van der Waals surface area (Å²) in [4.78, 5) is 10.8. The topological polar surface area (TPSA) is 127 Å². The molecule has 4 rings (SSSR count). The number of rotatable bonds is 6. The molecule has 5 N–H and O–H groups in total. The zero-order valence-electron chi connectivity index (χ0n) is 19.8. The van der Waals surface area contributed by atoms with Crippen LogP contribution < -0.4 is 4.74 Å². The minimum absolute atomic E-state index is 0.0126. The van der Waals surface area contributed by atoms with Crippen LogP contribution in [0.3, 0.4) is 0 Å². The number of hydrogen-bond donors (Lipinski definition) is 5. The van der Waals surface area contributed by atoms with E-state index in [1.165, 1.54) is 6.07 Å². The Kier molecular flexibility index (Phi) is 11.8. The number of carboxylic acid groups (broad SMARTS) is 1. The van der Waals surface area contributed by atoms with Gasteiger partial charge in [0.1, 0.15) is 28.7 Å². The third kappa shape index (κ3) is 9.86. The van der Waals surface area contributed by atoms with E-state index >= 15 is 0 Å². The fourth-order valence-electron chi connectivity index (χ4n) is 3.20. The molecule has 7 nitrogen and oxygen atoms in total. The van der Waals surface area contributed by atoms with Crippen LogP contribution in [0.1, 0.15) is 16.7 Å². The first-order valence-corrected chi connectivity index (χ1v) is 15.3. The van der Waals surface area contributed by atoms with Gasteiger partial charge < -0.3 is 30.3 Å². The van der Waals surface area contributed by atoms with Gasteiger partial charge in [0.2, 0.25) is 0 Å². The van der Waals surface area contributed by atoms with Crippen LogP contribution in [-0.2, 0) is 11.2 Å². The van der Waals surface area contributed by atoms with Gasteiger partial charge in [-0.05, 0) is 156 Å². The number of ether oxygens (including phenoxy) is 1. The van der Waals surface area contributed by atoms with Crippen molar-refractivity contribution in [3.8, 4) is 34.5 Å². The molecule has 202 valence electrons. The summed E-state index contributed by atoms with van der Waals surface area (Å²) in [5.41, 5.74) is 2.37. The summed E-state index contributed by atoms with van der Waals surface area (Å²) in [6.07, 6.45) is 3.58. The van der Waals surface area contributed by atoms with Crippen molar-refractivity contribution in [2.45, 2.75) is 6.42 Å². The maximum Gasteiger partial charge on any atom is 0.307 e. The standard InChI is InChI=1S/C14H8I4O4.C14H12O3/c15-8-4-7(5-9(16)13(8)21)22-14-10(17)1-6(2-11(14)18)3-12(19)20;15-12-5-3-10(4-6-12)1-2-11-7-13(16)9-14(17)8-11/h1-2,4-5,21H,3H2,(H,19,20);1-9,15-17H/b;2-1+. The van der Waals surface area contributed by atoms with Crippen LogP contribution in [0.5, 0.6) is 34.5 Å². The second-order valence-corrected chi connectivity index (χ2v) is 12.7. The van der Waals surface area contributed by atoms with Gasteiger partial charge in [0.25, 0.3) is 0 Å². The zero-order valence-corrected chi connectivity index (χ0v) is 28.4. The van der Waals surface area contributed by atoms with Crippen LogP contribution in [0.15, 0.2) is 66.7 Å². The van der Waals surface area contributed by atoms with Gasteiger partial charge in [0, 0.05) is 6.07 Å². The highest BCUT2D eigenvalue weighted by molar-refractivity contribution is 14.1. The van der Waals surface area contributed by atoms with E-state index in [0.717, 1.165) is 18.3 Å². The van der Waals surface area contributed by atoms with E-state index in [0.29, 0.717) is 24.2 Å². The fourth-order valence-corrected chi connectivity index (χ4v) is 7.03. The summed E-state index contributed by atoms with van der Waals surface area (Å²) in [5, 5.41) is 46.4. The van der Waals surface area contributed by atoms with Crippen LogP contribution in [0.4, 0.5) is 0 Å². The minimum Gasteiger partial charge on any atom is -0.508 e. The summed E-state index contributed by atoms with van der Waals surface area (Å²) in [7, 11) is 0. The third-order valence-corrected chi connectivity index (χ3v) is 8.16. The summed E-state index contributed by atoms with van der Waals surface area (Å²) in [5.74, 6) is 0.974. The maximum absolute atomic E-state index is 10.8. The summed E-state index contributed by atoms with van der Waals surface area (Å²) in [6, 6.07) is 18.3. The molecule has 0 aliphatic rings. The second-order valence-electron chi connectivity index (χ2n) is 8.00. The third-order valence-electron chi connectivity index (χ3n) is 4.91. The van der Waals surface area contributed by atoms with Crippen molar-refractivity contribution in [1.82, 2.24) is 0 Å². The van der Waals surface area contributed by atoms with Crippen LogP contribution in [0.2, 0.25) is 0 Å². The monoisotopic (exact) mass is 976 g/mol. The molecule has 0 heterocycles. The molecule has 0 unspecified atom stereocenters. The predicted octanol–water partition coefficient (Wildman–Crippen LogP) is 8.20. The summed E-state index contributed by atoms with van der Waals surface area (Å²) >= 11 is 8.37. The molecule has 0 atom stereocenters. The van der Waals surface area contributed by atoms with E-state index in [1.54, 1.807) is 54.6 Å². The highest BCUT2D eigenvalue weighted by Gasteiger charge is 2.14. The lowest BCUT2D eigenvalue weighted by Crippen LogP contribution is -2.02. The molecule has 39 heavy (non-hydrogen) atoms. The van der Waals surface area contributed by atoms with Gasteiger partial charge in [-0.25, -0.2) is 0 Å². The molecule has 0 aromatic heterocycles. The molecule has 0 aliphatic heterocycles. The lowest BCUT2D eigenvalue weighted by atomic mass is 10.1. The molecule has 11 heteroatoms. The number of carbonyl (C=O) groups is 1. The highest BCUT2D eigenvalue weighted by atomic mass is 127. The Morgan fingerprint density at radius 3 is 1.69 bits per heavy atom. The van der Waals surface area contributed by atoms with Crippen molar-refractivity contribution < 1.29 is 35.1 Å². The van der Waals surface area contributed by atoms with Crippen LogP contribution in [-0.4, -0.2) is 31.5 Å². The van der Waals surface area contributed by atoms with E-state index in [2.05, 4.69) is 90.4 Å². The van der Waals surface area contributed by atoms with Crippen LogP contribution in [0.25, 0.3) is 12.2 Å². The van der Waals surface area contributed by atoms with Crippen molar-refractivity contribution in [3.63, 3.8) is 0 Å². The first-order valence-electron chi connectivity index (χ1n) is 11.0. The molecule has 0 fully saturated rings. The number of carboxylic acids is 1. The number of halogens is 4. The molecule has 4 aromatic carbocycles. The number of aromatic hydroxyl groups is 4. The number of phenols is 4. The first-order chi connectivity index (χ1) is 18.4. The minimum atomic E-state index is -0.858. The number of phenolic OH excluding ortho intramolecular Hbond substituents is 4. The van der Waals surface area contributed by atoms with Gasteiger partial charge in [-0.3, -0.25) is 4.79 Å². The van der Waals surface area contributed by atoms with Crippen molar-refractivity contribution in [1.29, 1.82) is 0 Å². The van der Waals surface area contributed by atoms with E-state index in [4.69, 9.17) is 14.9 Å². The summed E-state index contributed by atoms with van der Waals surface area (Å²) < 4.78 is 9.06.